The molecule has 7 nitrogen and oxygen atoms in total. The maximum atomic E-state index is 13.2. The SMILES string of the molecule is C=C(NC(=O)C(C)(C)NC(=O)c1cc(OC)cc(OC)c1)S/C(Cc1ccccc1)=C(\N)c1ccccc1. The largest absolute Gasteiger partial charge is 0.497 e. The molecular weight excluding hydrogens is 498 g/mol. The van der Waals surface area contributed by atoms with Crippen molar-refractivity contribution in [1.29, 1.82) is 0 Å². The van der Waals surface area contributed by atoms with Gasteiger partial charge in [-0.2, -0.15) is 0 Å². The highest BCUT2D eigenvalue weighted by Gasteiger charge is 2.31. The Balaban J connectivity index is 1.74. The number of ether oxygens (including phenoxy) is 2. The Labute approximate surface area is 228 Å². The summed E-state index contributed by atoms with van der Waals surface area (Å²) in [5.41, 5.74) is 8.18. The fourth-order valence-electron chi connectivity index (χ4n) is 3.55. The lowest BCUT2D eigenvalue weighted by molar-refractivity contribution is -0.125. The molecule has 4 N–H and O–H groups in total. The van der Waals surface area contributed by atoms with E-state index in [9.17, 15) is 9.59 Å². The molecular formula is C30H33N3O4S. The van der Waals surface area contributed by atoms with Gasteiger partial charge in [-0.05, 0) is 37.1 Å². The number of allylic oxidation sites excluding steroid dienone is 1. The van der Waals surface area contributed by atoms with E-state index >= 15 is 0 Å². The van der Waals surface area contributed by atoms with Gasteiger partial charge >= 0.3 is 0 Å². The first kappa shape index (κ1) is 28.4. The Hall–Kier alpha value is -4.17. The van der Waals surface area contributed by atoms with Crippen LogP contribution in [-0.4, -0.2) is 31.6 Å². The molecule has 2 amide bonds. The Morgan fingerprint density at radius 1 is 0.895 bits per heavy atom. The van der Waals surface area contributed by atoms with E-state index in [4.69, 9.17) is 15.2 Å². The molecule has 0 aliphatic rings. The molecule has 3 aromatic carbocycles. The van der Waals surface area contributed by atoms with Crippen LogP contribution in [0.3, 0.4) is 0 Å². The number of amides is 2. The van der Waals surface area contributed by atoms with Gasteiger partial charge in [0.15, 0.2) is 0 Å². The van der Waals surface area contributed by atoms with Gasteiger partial charge in [0.1, 0.15) is 17.0 Å². The first-order valence-electron chi connectivity index (χ1n) is 11.9. The van der Waals surface area contributed by atoms with Crippen molar-refractivity contribution in [2.24, 2.45) is 5.73 Å². The molecule has 0 atom stereocenters. The third kappa shape index (κ3) is 7.66. The lowest BCUT2D eigenvalue weighted by Crippen LogP contribution is -2.54. The summed E-state index contributed by atoms with van der Waals surface area (Å²) < 4.78 is 10.5. The summed E-state index contributed by atoms with van der Waals surface area (Å²) in [5.74, 6) is 0.0692. The van der Waals surface area contributed by atoms with Gasteiger partial charge in [-0.3, -0.25) is 9.59 Å². The van der Waals surface area contributed by atoms with Crippen LogP contribution in [0.2, 0.25) is 0 Å². The quantitative estimate of drug-likeness (QED) is 0.318. The average Bonchev–Trinajstić information content (AvgIpc) is 2.92. The second-order valence-corrected chi connectivity index (χ2v) is 10.2. The van der Waals surface area contributed by atoms with Crippen LogP contribution in [0.15, 0.2) is 95.4 Å². The zero-order valence-electron chi connectivity index (χ0n) is 22.0. The number of nitrogens with two attached hydrogens (primary N) is 1. The summed E-state index contributed by atoms with van der Waals surface area (Å²) in [6.07, 6.45) is 0.568. The summed E-state index contributed by atoms with van der Waals surface area (Å²) >= 11 is 1.29. The van der Waals surface area contributed by atoms with Crippen LogP contribution in [-0.2, 0) is 11.2 Å². The molecule has 3 rings (SSSR count). The Morgan fingerprint density at radius 3 is 2.00 bits per heavy atom. The molecule has 0 aliphatic heterocycles. The second-order valence-electron chi connectivity index (χ2n) is 9.03. The summed E-state index contributed by atoms with van der Waals surface area (Å²) in [6.45, 7) is 7.28. The van der Waals surface area contributed by atoms with Gasteiger partial charge in [-0.15, -0.1) is 0 Å². The highest BCUT2D eigenvalue weighted by molar-refractivity contribution is 8.06. The number of hydrogen-bond acceptors (Lipinski definition) is 6. The third-order valence-electron chi connectivity index (χ3n) is 5.70. The predicted octanol–water partition coefficient (Wildman–Crippen LogP) is 5.10. The van der Waals surface area contributed by atoms with Gasteiger partial charge in [0.05, 0.1) is 19.2 Å². The van der Waals surface area contributed by atoms with Crippen molar-refractivity contribution in [3.8, 4) is 11.5 Å². The zero-order chi connectivity index (χ0) is 27.7. The van der Waals surface area contributed by atoms with E-state index < -0.39 is 17.4 Å². The summed E-state index contributed by atoms with van der Waals surface area (Å²) in [6, 6.07) is 24.4. The monoisotopic (exact) mass is 531 g/mol. The fourth-order valence-corrected chi connectivity index (χ4v) is 4.46. The standard InChI is InChI=1S/C30H33N3O4S/c1-20(38-26(16-21-12-8-6-9-13-21)27(31)22-14-10-7-11-15-22)32-29(35)30(2,3)33-28(34)23-17-24(36-4)19-25(18-23)37-5/h6-15,17-19H,1,16,31H2,2-5H3,(H,32,35)(H,33,34)/b27-26-. The van der Waals surface area contributed by atoms with Crippen molar-refractivity contribution in [3.05, 3.63) is 112 Å². The number of methoxy groups -OCH3 is 2. The lowest BCUT2D eigenvalue weighted by atomic mass is 10.0. The third-order valence-corrected chi connectivity index (χ3v) is 6.66. The maximum absolute atomic E-state index is 13.2. The van der Waals surface area contributed by atoms with Crippen molar-refractivity contribution >= 4 is 29.3 Å². The molecule has 0 unspecified atom stereocenters. The molecule has 0 heterocycles. The molecule has 0 fully saturated rings. The number of thioether (sulfide) groups is 1. The molecule has 0 aromatic heterocycles. The van der Waals surface area contributed by atoms with Gasteiger partial charge < -0.3 is 25.8 Å². The molecule has 0 aliphatic carbocycles. The Kier molecular flexibility index (Phi) is 9.62. The molecule has 0 bridgehead atoms. The Bertz CT molecular complexity index is 1300. The normalized spacial score (nSPS) is 11.7. The van der Waals surface area contributed by atoms with E-state index in [1.165, 1.54) is 26.0 Å². The van der Waals surface area contributed by atoms with Gasteiger partial charge in [-0.1, -0.05) is 79.0 Å². The minimum absolute atomic E-state index is 0.305. The number of hydrogen-bond donors (Lipinski definition) is 3. The van der Waals surface area contributed by atoms with Crippen molar-refractivity contribution in [2.75, 3.05) is 14.2 Å². The van der Waals surface area contributed by atoms with Crippen LogP contribution < -0.4 is 25.8 Å². The van der Waals surface area contributed by atoms with E-state index in [-0.39, 0.29) is 0 Å². The summed E-state index contributed by atoms with van der Waals surface area (Å²) in [5, 5.41) is 5.99. The smallest absolute Gasteiger partial charge is 0.252 e. The van der Waals surface area contributed by atoms with Gasteiger partial charge in [0, 0.05) is 28.7 Å². The van der Waals surface area contributed by atoms with Crippen molar-refractivity contribution in [1.82, 2.24) is 10.6 Å². The highest BCUT2D eigenvalue weighted by Crippen LogP contribution is 2.31. The minimum atomic E-state index is -1.24. The van der Waals surface area contributed by atoms with E-state index in [0.717, 1.165) is 16.0 Å². The van der Waals surface area contributed by atoms with Crippen LogP contribution in [0.1, 0.15) is 35.3 Å². The summed E-state index contributed by atoms with van der Waals surface area (Å²) in [4.78, 5) is 27.0. The first-order chi connectivity index (χ1) is 18.1. The number of rotatable bonds is 11. The van der Waals surface area contributed by atoms with Gasteiger partial charge in [-0.25, -0.2) is 0 Å². The lowest BCUT2D eigenvalue weighted by Gasteiger charge is -2.26. The first-order valence-corrected chi connectivity index (χ1v) is 12.8. The highest BCUT2D eigenvalue weighted by atomic mass is 32.2. The molecule has 8 heteroatoms. The number of nitrogens with one attached hydrogen (secondary N) is 2. The van der Waals surface area contributed by atoms with Gasteiger partial charge in [0.2, 0.25) is 5.91 Å². The topological polar surface area (TPSA) is 103 Å². The molecule has 3 aromatic rings. The van der Waals surface area contributed by atoms with Crippen molar-refractivity contribution in [2.45, 2.75) is 25.8 Å². The molecule has 0 saturated heterocycles. The van der Waals surface area contributed by atoms with Crippen LogP contribution in [0.25, 0.3) is 5.70 Å². The molecule has 38 heavy (non-hydrogen) atoms. The molecule has 0 saturated carbocycles. The maximum Gasteiger partial charge on any atom is 0.252 e. The second kappa shape index (κ2) is 12.9. The van der Waals surface area contributed by atoms with E-state index in [1.807, 2.05) is 60.7 Å². The van der Waals surface area contributed by atoms with E-state index in [2.05, 4.69) is 17.2 Å². The number of benzene rings is 3. The minimum Gasteiger partial charge on any atom is -0.497 e. The van der Waals surface area contributed by atoms with Crippen LogP contribution in [0.5, 0.6) is 11.5 Å². The van der Waals surface area contributed by atoms with Crippen molar-refractivity contribution in [3.63, 3.8) is 0 Å². The van der Waals surface area contributed by atoms with Crippen LogP contribution >= 0.6 is 11.8 Å². The van der Waals surface area contributed by atoms with E-state index in [0.29, 0.717) is 34.2 Å². The number of carbonyl (C=O) groups is 2. The van der Waals surface area contributed by atoms with Crippen molar-refractivity contribution < 1.29 is 19.1 Å². The predicted molar refractivity (Wildman–Crippen MR) is 154 cm³/mol. The number of carbonyl (C=O) groups excluding carboxylic acids is 2. The zero-order valence-corrected chi connectivity index (χ0v) is 22.9. The molecule has 0 spiro atoms. The molecule has 198 valence electrons. The van der Waals surface area contributed by atoms with Gasteiger partial charge in [0.25, 0.3) is 5.91 Å². The van der Waals surface area contributed by atoms with Crippen LogP contribution in [0, 0.1) is 0 Å². The van der Waals surface area contributed by atoms with Crippen LogP contribution in [0.4, 0.5) is 0 Å². The summed E-state index contributed by atoms with van der Waals surface area (Å²) in [7, 11) is 3.00. The average molecular weight is 532 g/mol. The van der Waals surface area contributed by atoms with E-state index in [1.54, 1.807) is 32.0 Å². The fraction of sp³-hybridized carbons (Fsp3) is 0.200. The Morgan fingerprint density at radius 2 is 1.45 bits per heavy atom. The molecule has 0 radical (unpaired) electrons.